The summed E-state index contributed by atoms with van der Waals surface area (Å²) in [6.07, 6.45) is 0. The van der Waals surface area contributed by atoms with E-state index in [2.05, 4.69) is 5.32 Å². The second-order valence-corrected chi connectivity index (χ2v) is 7.37. The number of thiophene rings is 1. The van der Waals surface area contributed by atoms with Crippen LogP contribution in [0.15, 0.2) is 54.6 Å². The van der Waals surface area contributed by atoms with E-state index in [9.17, 15) is 9.59 Å². The number of para-hydroxylation sites is 1. The summed E-state index contributed by atoms with van der Waals surface area (Å²) in [6.45, 7) is 0.0341. The van der Waals surface area contributed by atoms with Gasteiger partial charge in [-0.15, -0.1) is 11.3 Å². The maximum Gasteiger partial charge on any atom is 0.348 e. The Balaban J connectivity index is 1.41. The Labute approximate surface area is 164 Å². The Morgan fingerprint density at radius 2 is 2.00 bits per heavy atom. The molecule has 2 heterocycles. The molecule has 0 saturated heterocycles. The molecule has 0 radical (unpaired) electrons. The maximum absolute atomic E-state index is 12.3. The minimum atomic E-state index is -0.534. The van der Waals surface area contributed by atoms with Gasteiger partial charge < -0.3 is 14.8 Å². The van der Waals surface area contributed by atoms with Crippen LogP contribution in [-0.2, 0) is 16.1 Å². The molecule has 1 amide bonds. The molecule has 0 atom stereocenters. The van der Waals surface area contributed by atoms with Crippen molar-refractivity contribution < 1.29 is 19.1 Å². The Kier molecular flexibility index (Phi) is 4.83. The number of ether oxygens (including phenoxy) is 2. The molecule has 27 heavy (non-hydrogen) atoms. The fourth-order valence-electron chi connectivity index (χ4n) is 2.77. The van der Waals surface area contributed by atoms with Crippen LogP contribution in [0.4, 0.5) is 5.69 Å². The van der Waals surface area contributed by atoms with Crippen molar-refractivity contribution in [3.63, 3.8) is 0 Å². The number of anilines is 1. The molecule has 0 fully saturated rings. The number of rotatable bonds is 4. The van der Waals surface area contributed by atoms with Crippen LogP contribution in [0, 0.1) is 0 Å². The van der Waals surface area contributed by atoms with Gasteiger partial charge in [-0.05, 0) is 36.4 Å². The van der Waals surface area contributed by atoms with E-state index in [0.717, 1.165) is 21.8 Å². The molecule has 7 heteroatoms. The Morgan fingerprint density at radius 3 is 2.85 bits per heavy atom. The fraction of sp³-hybridized carbons (Fsp3) is 0.100. The molecule has 2 aromatic carbocycles. The van der Waals surface area contributed by atoms with Gasteiger partial charge in [-0.2, -0.15) is 0 Å². The highest BCUT2D eigenvalue weighted by Crippen LogP contribution is 2.42. The van der Waals surface area contributed by atoms with Gasteiger partial charge in [0.25, 0.3) is 5.91 Å². The third-order valence-electron chi connectivity index (χ3n) is 3.97. The Hall–Kier alpha value is -2.83. The SMILES string of the molecule is O=C(COC(=O)c1cc2c(s1)-c1ccccc1OC2)Nc1cccc(Cl)c1. The van der Waals surface area contributed by atoms with Crippen LogP contribution in [0.1, 0.15) is 15.2 Å². The van der Waals surface area contributed by atoms with Crippen molar-refractivity contribution in [1.82, 2.24) is 0 Å². The van der Waals surface area contributed by atoms with Crippen molar-refractivity contribution in [1.29, 1.82) is 0 Å². The first kappa shape index (κ1) is 17.6. The van der Waals surface area contributed by atoms with E-state index in [0.29, 0.717) is 22.2 Å². The van der Waals surface area contributed by atoms with Crippen LogP contribution in [0.2, 0.25) is 5.02 Å². The molecule has 0 aliphatic carbocycles. The van der Waals surface area contributed by atoms with Gasteiger partial charge in [-0.3, -0.25) is 4.79 Å². The van der Waals surface area contributed by atoms with Crippen LogP contribution in [0.5, 0.6) is 5.75 Å². The fourth-order valence-corrected chi connectivity index (χ4v) is 4.05. The molecule has 4 rings (SSSR count). The second-order valence-electron chi connectivity index (χ2n) is 5.88. The highest BCUT2D eigenvalue weighted by atomic mass is 35.5. The lowest BCUT2D eigenvalue weighted by molar-refractivity contribution is -0.119. The lowest BCUT2D eigenvalue weighted by Crippen LogP contribution is -2.20. The van der Waals surface area contributed by atoms with Crippen molar-refractivity contribution in [2.75, 3.05) is 11.9 Å². The normalized spacial score (nSPS) is 11.7. The molecule has 5 nitrogen and oxygen atoms in total. The average molecular weight is 400 g/mol. The van der Waals surface area contributed by atoms with Crippen LogP contribution < -0.4 is 10.1 Å². The maximum atomic E-state index is 12.3. The van der Waals surface area contributed by atoms with E-state index in [4.69, 9.17) is 21.1 Å². The number of carbonyl (C=O) groups excluding carboxylic acids is 2. The molecular weight excluding hydrogens is 386 g/mol. The van der Waals surface area contributed by atoms with E-state index < -0.39 is 11.9 Å². The second kappa shape index (κ2) is 7.42. The molecule has 1 N–H and O–H groups in total. The Morgan fingerprint density at radius 1 is 1.15 bits per heavy atom. The van der Waals surface area contributed by atoms with Crippen molar-refractivity contribution in [3.05, 3.63) is 70.1 Å². The van der Waals surface area contributed by atoms with Crippen molar-refractivity contribution in [3.8, 4) is 16.2 Å². The smallest absolute Gasteiger partial charge is 0.348 e. The molecule has 0 bridgehead atoms. The highest BCUT2D eigenvalue weighted by Gasteiger charge is 2.23. The number of hydrogen-bond donors (Lipinski definition) is 1. The largest absolute Gasteiger partial charge is 0.488 e. The summed E-state index contributed by atoms with van der Waals surface area (Å²) >= 11 is 7.22. The van der Waals surface area contributed by atoms with Crippen molar-refractivity contribution in [2.24, 2.45) is 0 Å². The quantitative estimate of drug-likeness (QED) is 0.642. The first-order chi connectivity index (χ1) is 13.1. The van der Waals surface area contributed by atoms with Gasteiger partial charge in [-0.25, -0.2) is 4.79 Å². The number of fused-ring (bicyclic) bond motifs is 3. The number of carbonyl (C=O) groups is 2. The van der Waals surface area contributed by atoms with Crippen LogP contribution in [-0.4, -0.2) is 18.5 Å². The van der Waals surface area contributed by atoms with Crippen LogP contribution >= 0.6 is 22.9 Å². The molecule has 1 aromatic heterocycles. The number of benzene rings is 2. The zero-order valence-electron chi connectivity index (χ0n) is 14.0. The van der Waals surface area contributed by atoms with E-state index in [1.165, 1.54) is 11.3 Å². The van der Waals surface area contributed by atoms with Gasteiger partial charge in [0.05, 0.1) is 0 Å². The summed E-state index contributed by atoms with van der Waals surface area (Å²) in [5, 5.41) is 3.14. The minimum Gasteiger partial charge on any atom is -0.488 e. The number of esters is 1. The number of hydrogen-bond acceptors (Lipinski definition) is 5. The van der Waals surface area contributed by atoms with Gasteiger partial charge in [-0.1, -0.05) is 29.8 Å². The van der Waals surface area contributed by atoms with Gasteiger partial charge in [0.1, 0.15) is 17.2 Å². The minimum absolute atomic E-state index is 0.374. The first-order valence-corrected chi connectivity index (χ1v) is 9.37. The van der Waals surface area contributed by atoms with Crippen LogP contribution in [0.3, 0.4) is 0 Å². The van der Waals surface area contributed by atoms with E-state index >= 15 is 0 Å². The zero-order valence-corrected chi connectivity index (χ0v) is 15.6. The Bertz CT molecular complexity index is 1030. The summed E-state index contributed by atoms with van der Waals surface area (Å²) in [5.74, 6) is -0.165. The lowest BCUT2D eigenvalue weighted by Gasteiger charge is -2.16. The summed E-state index contributed by atoms with van der Waals surface area (Å²) in [7, 11) is 0. The predicted molar refractivity (Wildman–Crippen MR) is 104 cm³/mol. The molecule has 0 unspecified atom stereocenters. The number of nitrogens with one attached hydrogen (secondary N) is 1. The number of amides is 1. The van der Waals surface area contributed by atoms with Gasteiger partial charge in [0.2, 0.25) is 0 Å². The van der Waals surface area contributed by atoms with Gasteiger partial charge in [0.15, 0.2) is 6.61 Å². The molecule has 3 aromatic rings. The summed E-state index contributed by atoms with van der Waals surface area (Å²) < 4.78 is 10.8. The molecule has 1 aliphatic rings. The zero-order chi connectivity index (χ0) is 18.8. The topological polar surface area (TPSA) is 64.6 Å². The van der Waals surface area contributed by atoms with E-state index in [-0.39, 0.29) is 6.61 Å². The standard InChI is InChI=1S/C20H14ClNO4S/c21-13-4-3-5-14(9-13)22-18(23)11-26-20(24)17-8-12-10-25-16-7-2-1-6-15(16)19(12)27-17/h1-9H,10-11H2,(H,22,23). The van der Waals surface area contributed by atoms with E-state index in [1.807, 2.05) is 24.3 Å². The van der Waals surface area contributed by atoms with Gasteiger partial charge in [0, 0.05) is 26.7 Å². The third-order valence-corrected chi connectivity index (χ3v) is 5.39. The molecule has 0 saturated carbocycles. The molecule has 1 aliphatic heterocycles. The van der Waals surface area contributed by atoms with Crippen LogP contribution in [0.25, 0.3) is 10.4 Å². The molecule has 0 spiro atoms. The van der Waals surface area contributed by atoms with Gasteiger partial charge >= 0.3 is 5.97 Å². The summed E-state index contributed by atoms with van der Waals surface area (Å²) in [5.41, 5.74) is 2.44. The highest BCUT2D eigenvalue weighted by molar-refractivity contribution is 7.17. The summed E-state index contributed by atoms with van der Waals surface area (Å²) in [6, 6.07) is 16.2. The van der Waals surface area contributed by atoms with E-state index in [1.54, 1.807) is 30.3 Å². The average Bonchev–Trinajstić information content (AvgIpc) is 3.11. The van der Waals surface area contributed by atoms with Crippen molar-refractivity contribution >= 4 is 40.5 Å². The monoisotopic (exact) mass is 399 g/mol. The lowest BCUT2D eigenvalue weighted by atomic mass is 10.1. The number of halogens is 1. The molecular formula is C20H14ClNO4S. The predicted octanol–water partition coefficient (Wildman–Crippen LogP) is 4.76. The van der Waals surface area contributed by atoms with Crippen molar-refractivity contribution in [2.45, 2.75) is 6.61 Å². The third kappa shape index (κ3) is 3.82. The molecule has 136 valence electrons. The first-order valence-electron chi connectivity index (χ1n) is 8.17. The summed E-state index contributed by atoms with van der Waals surface area (Å²) in [4.78, 5) is 25.7.